The van der Waals surface area contributed by atoms with Crippen molar-refractivity contribution in [2.45, 2.75) is 0 Å². The molecule has 1 aliphatic carbocycles. The number of hydrogen-bond acceptors (Lipinski definition) is 1. The van der Waals surface area contributed by atoms with Crippen molar-refractivity contribution >= 4 is 61.9 Å². The molecule has 3 nitrogen and oxygen atoms in total. The molecule has 9 rings (SSSR count). The van der Waals surface area contributed by atoms with Gasteiger partial charge in [0.25, 0.3) is 0 Å². The number of benzene rings is 6. The van der Waals surface area contributed by atoms with Crippen molar-refractivity contribution < 1.29 is 0 Å². The van der Waals surface area contributed by atoms with Crippen LogP contribution < -0.4 is 4.90 Å². The second-order valence-corrected chi connectivity index (χ2v) is 11.6. The third kappa shape index (κ3) is 4.15. The maximum absolute atomic E-state index is 3.31. The Bertz CT molecular complexity index is 2430. The third-order valence-electron chi connectivity index (χ3n) is 8.95. The van der Waals surface area contributed by atoms with Gasteiger partial charge in [0.1, 0.15) is 0 Å². The van der Waals surface area contributed by atoms with Gasteiger partial charge in [0, 0.05) is 56.2 Å². The van der Waals surface area contributed by atoms with Crippen LogP contribution in [0.2, 0.25) is 0 Å². The Morgan fingerprint density at radius 3 is 1.52 bits per heavy atom. The number of nitrogens with zero attached hydrogens (tertiary/aromatic N) is 3. The van der Waals surface area contributed by atoms with E-state index < -0.39 is 0 Å². The normalized spacial score (nSPS) is 12.2. The standard InChI is InChI=1S/C43H29N3/c1-3-13-31(14-4-1)44(33-25-29-35(30-26-33)46-42-21-11-8-17-38(42)39-18-9-12-22-43(39)46)32-23-27-34(28-24-32)45-40-19-6-2-5-15-36(40)37-16-7-10-20-41(37)45/h1-5,7-30H. The van der Waals surface area contributed by atoms with Crippen molar-refractivity contribution in [2.75, 3.05) is 4.90 Å². The van der Waals surface area contributed by atoms with Crippen LogP contribution in [-0.2, 0) is 0 Å². The molecular formula is C43H29N3. The Hall–Kier alpha value is -6.28. The fourth-order valence-corrected chi connectivity index (χ4v) is 6.93. The zero-order chi connectivity index (χ0) is 30.5. The van der Waals surface area contributed by atoms with E-state index in [0.29, 0.717) is 0 Å². The van der Waals surface area contributed by atoms with Crippen molar-refractivity contribution in [1.82, 2.24) is 9.13 Å². The predicted molar refractivity (Wildman–Crippen MR) is 194 cm³/mol. The maximum atomic E-state index is 3.31. The van der Waals surface area contributed by atoms with Crippen LogP contribution in [0.4, 0.5) is 17.1 Å². The number of rotatable bonds is 5. The zero-order valence-electron chi connectivity index (χ0n) is 25.1. The van der Waals surface area contributed by atoms with Crippen molar-refractivity contribution in [2.24, 2.45) is 0 Å². The van der Waals surface area contributed by atoms with E-state index >= 15 is 0 Å². The molecular weight excluding hydrogens is 558 g/mol. The number of anilines is 3. The minimum atomic E-state index is 1.09. The number of allylic oxidation sites excluding steroid dienone is 2. The van der Waals surface area contributed by atoms with Gasteiger partial charge in [0.2, 0.25) is 0 Å². The molecule has 1 aliphatic rings. The molecule has 8 aromatic rings. The van der Waals surface area contributed by atoms with Gasteiger partial charge >= 0.3 is 0 Å². The first-order valence-electron chi connectivity index (χ1n) is 15.6. The summed E-state index contributed by atoms with van der Waals surface area (Å²) < 4.78 is 4.69. The summed E-state index contributed by atoms with van der Waals surface area (Å²) in [6.07, 6.45) is 8.29. The average molecular weight is 588 g/mol. The Balaban J connectivity index is 1.15. The van der Waals surface area contributed by atoms with Gasteiger partial charge in [0.05, 0.1) is 22.2 Å². The van der Waals surface area contributed by atoms with E-state index in [-0.39, 0.29) is 0 Å². The van der Waals surface area contributed by atoms with Crippen LogP contribution in [0.3, 0.4) is 0 Å². The Labute approximate surface area is 267 Å². The first kappa shape index (κ1) is 26.2. The minimum absolute atomic E-state index is 1.09. The summed E-state index contributed by atoms with van der Waals surface area (Å²) in [5, 5.41) is 3.77. The fraction of sp³-hybridized carbons (Fsp3) is 0. The van der Waals surface area contributed by atoms with Gasteiger partial charge in [-0.15, -0.1) is 5.73 Å². The molecule has 0 radical (unpaired) electrons. The summed E-state index contributed by atoms with van der Waals surface area (Å²) in [5.41, 5.74) is 14.8. The van der Waals surface area contributed by atoms with E-state index in [1.54, 1.807) is 0 Å². The summed E-state index contributed by atoms with van der Waals surface area (Å²) in [4.78, 5) is 2.32. The molecule has 3 heteroatoms. The Morgan fingerprint density at radius 2 is 0.913 bits per heavy atom. The second kappa shape index (κ2) is 10.7. The minimum Gasteiger partial charge on any atom is -0.311 e. The smallest absolute Gasteiger partial charge is 0.0618 e. The molecule has 0 spiro atoms. The van der Waals surface area contributed by atoms with Crippen molar-refractivity contribution in [3.8, 4) is 11.4 Å². The van der Waals surface area contributed by atoms with Gasteiger partial charge in [0.15, 0.2) is 0 Å². The molecule has 0 unspecified atom stereocenters. The number of aromatic nitrogens is 2. The van der Waals surface area contributed by atoms with Crippen LogP contribution in [-0.4, -0.2) is 9.13 Å². The molecule has 0 saturated carbocycles. The van der Waals surface area contributed by atoms with Gasteiger partial charge in [-0.1, -0.05) is 84.9 Å². The van der Waals surface area contributed by atoms with Crippen LogP contribution in [0.25, 0.3) is 56.2 Å². The van der Waals surface area contributed by atoms with Crippen LogP contribution in [0, 0.1) is 0 Å². The van der Waals surface area contributed by atoms with Crippen molar-refractivity contribution in [1.29, 1.82) is 0 Å². The Kier molecular flexibility index (Phi) is 6.09. The molecule has 2 heterocycles. The molecule has 46 heavy (non-hydrogen) atoms. The van der Waals surface area contributed by atoms with E-state index in [1.165, 1.54) is 38.3 Å². The number of para-hydroxylation sites is 4. The van der Waals surface area contributed by atoms with Gasteiger partial charge in [-0.25, -0.2) is 0 Å². The van der Waals surface area contributed by atoms with E-state index in [0.717, 1.165) is 34.1 Å². The summed E-state index contributed by atoms with van der Waals surface area (Å²) >= 11 is 0. The molecule has 0 bridgehead atoms. The van der Waals surface area contributed by atoms with Gasteiger partial charge < -0.3 is 14.0 Å². The van der Waals surface area contributed by atoms with Crippen LogP contribution in [0.15, 0.2) is 170 Å². The van der Waals surface area contributed by atoms with Crippen LogP contribution >= 0.6 is 0 Å². The summed E-state index contributed by atoms with van der Waals surface area (Å²) in [7, 11) is 0. The lowest BCUT2D eigenvalue weighted by molar-refractivity contribution is 1.10. The molecule has 6 aromatic carbocycles. The number of hydrogen-bond donors (Lipinski definition) is 0. The molecule has 0 saturated heterocycles. The summed E-state index contributed by atoms with van der Waals surface area (Å²) in [5.74, 6) is 0. The first-order chi connectivity index (χ1) is 22.8. The van der Waals surface area contributed by atoms with Crippen molar-refractivity contribution in [3.05, 3.63) is 181 Å². The van der Waals surface area contributed by atoms with E-state index in [4.69, 9.17) is 0 Å². The SMILES string of the molecule is C1=CC=Cc2c(n(-c3ccc(N(c4ccccc4)c4ccc(-n5c6ccccc6c6ccccc65)cc4)cc3)c3ccccc23)C=1. The van der Waals surface area contributed by atoms with Gasteiger partial charge in [-0.3, -0.25) is 0 Å². The highest BCUT2D eigenvalue weighted by atomic mass is 15.1. The van der Waals surface area contributed by atoms with E-state index in [2.05, 4.69) is 190 Å². The largest absolute Gasteiger partial charge is 0.311 e. The van der Waals surface area contributed by atoms with E-state index in [9.17, 15) is 0 Å². The van der Waals surface area contributed by atoms with Gasteiger partial charge in [-0.2, -0.15) is 0 Å². The third-order valence-corrected chi connectivity index (χ3v) is 8.95. The highest BCUT2D eigenvalue weighted by Crippen LogP contribution is 2.38. The molecule has 2 aromatic heterocycles. The second-order valence-electron chi connectivity index (χ2n) is 11.6. The van der Waals surface area contributed by atoms with E-state index in [1.807, 2.05) is 6.08 Å². The lowest BCUT2D eigenvalue weighted by Crippen LogP contribution is -2.10. The summed E-state index contributed by atoms with van der Waals surface area (Å²) in [6.45, 7) is 0. The van der Waals surface area contributed by atoms with Crippen molar-refractivity contribution in [3.63, 3.8) is 0 Å². The lowest BCUT2D eigenvalue weighted by atomic mass is 10.1. The Morgan fingerprint density at radius 1 is 0.435 bits per heavy atom. The maximum Gasteiger partial charge on any atom is 0.0618 e. The fourth-order valence-electron chi connectivity index (χ4n) is 6.93. The number of fused-ring (bicyclic) bond motifs is 6. The van der Waals surface area contributed by atoms with Crippen LogP contribution in [0.5, 0.6) is 0 Å². The topological polar surface area (TPSA) is 13.1 Å². The van der Waals surface area contributed by atoms with Gasteiger partial charge in [-0.05, 0) is 84.9 Å². The average Bonchev–Trinajstić information content (AvgIpc) is 3.50. The quantitative estimate of drug-likeness (QED) is 0.183. The molecule has 0 aliphatic heterocycles. The lowest BCUT2D eigenvalue weighted by Gasteiger charge is -2.26. The molecule has 0 N–H and O–H groups in total. The molecule has 0 fully saturated rings. The summed E-state index contributed by atoms with van der Waals surface area (Å²) in [6, 6.07) is 54.3. The monoisotopic (exact) mass is 587 g/mol. The highest BCUT2D eigenvalue weighted by Gasteiger charge is 2.18. The predicted octanol–water partition coefficient (Wildman–Crippen LogP) is 11.4. The first-order valence-corrected chi connectivity index (χ1v) is 15.6. The molecule has 0 atom stereocenters. The zero-order valence-corrected chi connectivity index (χ0v) is 25.1. The van der Waals surface area contributed by atoms with Crippen LogP contribution in [0.1, 0.15) is 11.3 Å². The molecule has 216 valence electrons. The highest BCUT2D eigenvalue weighted by molar-refractivity contribution is 6.09. The molecule has 0 amide bonds.